The van der Waals surface area contributed by atoms with Crippen LogP contribution in [0.3, 0.4) is 0 Å². The summed E-state index contributed by atoms with van der Waals surface area (Å²) in [5.74, 6) is 0.0675. The van der Waals surface area contributed by atoms with Crippen molar-refractivity contribution in [3.63, 3.8) is 0 Å². The van der Waals surface area contributed by atoms with E-state index in [0.29, 0.717) is 17.3 Å². The normalized spacial score (nSPS) is 25.4. The number of piperazine rings is 1. The minimum Gasteiger partial charge on any atom is -0.306 e. The molecule has 138 valence electrons. The number of fused-ring (bicyclic) bond motifs is 1. The van der Waals surface area contributed by atoms with Crippen molar-refractivity contribution in [2.75, 3.05) is 29.5 Å². The fourth-order valence-corrected chi connectivity index (χ4v) is 6.65. The highest BCUT2D eigenvalue weighted by Crippen LogP contribution is 2.32. The summed E-state index contributed by atoms with van der Waals surface area (Å²) in [6.07, 6.45) is 0.829. The molecule has 0 spiro atoms. The highest BCUT2D eigenvalue weighted by atomic mass is 35.5. The van der Waals surface area contributed by atoms with Crippen molar-refractivity contribution in [1.82, 2.24) is 4.90 Å². The third kappa shape index (κ3) is 3.53. The van der Waals surface area contributed by atoms with Crippen LogP contribution in [0.25, 0.3) is 0 Å². The smallest absolute Gasteiger partial charge is 0.241 e. The maximum Gasteiger partial charge on any atom is 0.241 e. The van der Waals surface area contributed by atoms with Crippen molar-refractivity contribution in [2.45, 2.75) is 18.5 Å². The van der Waals surface area contributed by atoms with Gasteiger partial charge < -0.3 is 4.90 Å². The van der Waals surface area contributed by atoms with Crippen LogP contribution in [-0.4, -0.2) is 55.9 Å². The van der Waals surface area contributed by atoms with E-state index in [1.807, 2.05) is 16.3 Å². The molecular weight excluding hydrogens is 392 g/mol. The number of anilines is 1. The predicted octanol–water partition coefficient (Wildman–Crippen LogP) is 2.46. The molecule has 1 amide bonds. The Labute approximate surface area is 162 Å². The van der Waals surface area contributed by atoms with Crippen LogP contribution in [0.2, 0.25) is 5.02 Å². The van der Waals surface area contributed by atoms with E-state index in [1.54, 1.807) is 40.5 Å². The standard InChI is InChI=1S/C18H19ClN2O3S2/c19-13-3-5-14(6-4-13)21-17-12-26(23,24)11-16(17)20(10-18(21)22)8-7-15-2-1-9-25-15/h1-6,9,16-17H,7-8,10-12H2. The lowest BCUT2D eigenvalue weighted by Gasteiger charge is -2.43. The molecule has 3 heterocycles. The molecule has 2 aliphatic heterocycles. The van der Waals surface area contributed by atoms with Crippen molar-refractivity contribution in [3.8, 4) is 0 Å². The molecular formula is C18H19ClN2O3S2. The summed E-state index contributed by atoms with van der Waals surface area (Å²) in [7, 11) is -3.17. The lowest BCUT2D eigenvalue weighted by atomic mass is 10.0. The topological polar surface area (TPSA) is 57.7 Å². The lowest BCUT2D eigenvalue weighted by molar-refractivity contribution is -0.123. The summed E-state index contributed by atoms with van der Waals surface area (Å²) in [5.41, 5.74) is 0.712. The second kappa shape index (κ2) is 6.96. The zero-order chi connectivity index (χ0) is 18.3. The van der Waals surface area contributed by atoms with E-state index in [0.717, 1.165) is 6.42 Å². The SMILES string of the molecule is O=C1CN(CCc2cccs2)C2CS(=O)(=O)CC2N1c1ccc(Cl)cc1. The maximum absolute atomic E-state index is 12.9. The Kier molecular flexibility index (Phi) is 4.81. The van der Waals surface area contributed by atoms with Crippen molar-refractivity contribution in [2.24, 2.45) is 0 Å². The van der Waals surface area contributed by atoms with Crippen molar-refractivity contribution < 1.29 is 13.2 Å². The first-order valence-corrected chi connectivity index (χ1v) is 11.6. The molecule has 2 saturated heterocycles. The van der Waals surface area contributed by atoms with Gasteiger partial charge >= 0.3 is 0 Å². The highest BCUT2D eigenvalue weighted by Gasteiger charge is 2.49. The summed E-state index contributed by atoms with van der Waals surface area (Å²) in [6.45, 7) is 0.933. The fraction of sp³-hybridized carbons (Fsp3) is 0.389. The van der Waals surface area contributed by atoms with Crippen LogP contribution < -0.4 is 4.90 Å². The quantitative estimate of drug-likeness (QED) is 0.776. The van der Waals surface area contributed by atoms with Gasteiger partial charge in [0, 0.05) is 28.2 Å². The van der Waals surface area contributed by atoms with Gasteiger partial charge in [-0.3, -0.25) is 9.69 Å². The molecule has 4 rings (SSSR count). The van der Waals surface area contributed by atoms with Crippen LogP contribution in [0.5, 0.6) is 0 Å². The Morgan fingerprint density at radius 2 is 1.85 bits per heavy atom. The largest absolute Gasteiger partial charge is 0.306 e. The molecule has 8 heteroatoms. The number of hydrogen-bond acceptors (Lipinski definition) is 5. The van der Waals surface area contributed by atoms with Gasteiger partial charge in [-0.05, 0) is 42.1 Å². The molecule has 26 heavy (non-hydrogen) atoms. The Hall–Kier alpha value is -1.41. The minimum absolute atomic E-state index is 0.0154. The number of carbonyl (C=O) groups is 1. The second-order valence-corrected chi connectivity index (χ2v) is 10.4. The number of rotatable bonds is 4. The molecule has 2 unspecified atom stereocenters. The fourth-order valence-electron chi connectivity index (χ4n) is 3.85. The van der Waals surface area contributed by atoms with Crippen LogP contribution in [-0.2, 0) is 21.1 Å². The summed E-state index contributed by atoms with van der Waals surface area (Å²) in [4.78, 5) is 17.8. The minimum atomic E-state index is -3.17. The van der Waals surface area contributed by atoms with Gasteiger partial charge in [0.2, 0.25) is 5.91 Å². The third-order valence-electron chi connectivity index (χ3n) is 5.03. The third-order valence-corrected chi connectivity index (χ3v) is 7.92. The van der Waals surface area contributed by atoms with Gasteiger partial charge in [-0.1, -0.05) is 17.7 Å². The van der Waals surface area contributed by atoms with Crippen LogP contribution >= 0.6 is 22.9 Å². The molecule has 0 aliphatic carbocycles. The Bertz CT molecular complexity index is 897. The van der Waals surface area contributed by atoms with Crippen molar-refractivity contribution in [1.29, 1.82) is 0 Å². The molecule has 1 aromatic carbocycles. The van der Waals surface area contributed by atoms with Crippen LogP contribution in [0, 0.1) is 0 Å². The molecule has 2 fully saturated rings. The molecule has 0 saturated carbocycles. The van der Waals surface area contributed by atoms with Crippen molar-refractivity contribution >= 4 is 44.4 Å². The number of halogens is 1. The summed E-state index contributed by atoms with van der Waals surface area (Å²) in [6, 6.07) is 10.6. The number of thiophene rings is 1. The summed E-state index contributed by atoms with van der Waals surface area (Å²) < 4.78 is 24.7. The van der Waals surface area contributed by atoms with E-state index in [1.165, 1.54) is 4.88 Å². The maximum atomic E-state index is 12.9. The lowest BCUT2D eigenvalue weighted by Crippen LogP contribution is -2.62. The summed E-state index contributed by atoms with van der Waals surface area (Å²) >= 11 is 7.63. The average molecular weight is 411 g/mol. The molecule has 0 radical (unpaired) electrons. The predicted molar refractivity (Wildman–Crippen MR) is 105 cm³/mol. The van der Waals surface area contributed by atoms with Gasteiger partial charge in [-0.15, -0.1) is 11.3 Å². The monoisotopic (exact) mass is 410 g/mol. The first kappa shape index (κ1) is 18.0. The Morgan fingerprint density at radius 1 is 1.12 bits per heavy atom. The molecule has 2 atom stereocenters. The molecule has 0 bridgehead atoms. The highest BCUT2D eigenvalue weighted by molar-refractivity contribution is 7.91. The van der Waals surface area contributed by atoms with Crippen molar-refractivity contribution in [3.05, 3.63) is 51.7 Å². The Morgan fingerprint density at radius 3 is 2.54 bits per heavy atom. The van der Waals surface area contributed by atoms with Crippen LogP contribution in [0.1, 0.15) is 4.88 Å². The molecule has 2 aromatic rings. The molecule has 0 N–H and O–H groups in total. The molecule has 1 aromatic heterocycles. The van der Waals surface area contributed by atoms with E-state index in [-0.39, 0.29) is 36.0 Å². The zero-order valence-electron chi connectivity index (χ0n) is 14.0. The van der Waals surface area contributed by atoms with Gasteiger partial charge in [-0.25, -0.2) is 8.42 Å². The zero-order valence-corrected chi connectivity index (χ0v) is 16.4. The number of hydrogen-bond donors (Lipinski definition) is 0. The summed E-state index contributed by atoms with van der Waals surface area (Å²) in [5, 5.41) is 2.62. The van der Waals surface area contributed by atoms with E-state index in [9.17, 15) is 13.2 Å². The number of benzene rings is 1. The molecule has 5 nitrogen and oxygen atoms in total. The van der Waals surface area contributed by atoms with E-state index in [4.69, 9.17) is 11.6 Å². The first-order chi connectivity index (χ1) is 12.4. The molecule has 2 aliphatic rings. The van der Waals surface area contributed by atoms with E-state index < -0.39 is 9.84 Å². The van der Waals surface area contributed by atoms with Gasteiger partial charge in [0.05, 0.1) is 24.1 Å². The average Bonchev–Trinajstić information content (AvgIpc) is 3.20. The van der Waals surface area contributed by atoms with Gasteiger partial charge in [0.1, 0.15) is 0 Å². The second-order valence-electron chi connectivity index (χ2n) is 6.75. The van der Waals surface area contributed by atoms with E-state index in [2.05, 4.69) is 6.07 Å². The van der Waals surface area contributed by atoms with Gasteiger partial charge in [0.15, 0.2) is 9.84 Å². The van der Waals surface area contributed by atoms with Crippen LogP contribution in [0.4, 0.5) is 5.69 Å². The number of nitrogens with zero attached hydrogens (tertiary/aromatic N) is 2. The number of carbonyl (C=O) groups excluding carboxylic acids is 1. The van der Waals surface area contributed by atoms with Gasteiger partial charge in [0.25, 0.3) is 0 Å². The van der Waals surface area contributed by atoms with E-state index >= 15 is 0 Å². The number of amides is 1. The van der Waals surface area contributed by atoms with Gasteiger partial charge in [-0.2, -0.15) is 0 Å². The first-order valence-electron chi connectivity index (χ1n) is 8.47. The Balaban J connectivity index is 1.60. The van der Waals surface area contributed by atoms with Crippen LogP contribution in [0.15, 0.2) is 41.8 Å². The number of sulfone groups is 1.